The summed E-state index contributed by atoms with van der Waals surface area (Å²) in [6, 6.07) is 0. The topological polar surface area (TPSA) is 163 Å². The lowest BCUT2D eigenvalue weighted by Gasteiger charge is -2.39. The van der Waals surface area contributed by atoms with E-state index in [0.29, 0.717) is 6.20 Å². The first kappa shape index (κ1) is 20.1. The van der Waals surface area contributed by atoms with Crippen molar-refractivity contribution in [1.29, 1.82) is 0 Å². The SMILES string of the molecule is C[C@@H]1O[C@H](OC[C@H]2O[C@@H](n3cc(F)c(=O)[nH]c3=O)C[C@@H]2O)[C@@H](O)[C@H](O)[C@@H]1O. The molecule has 8 atom stereocenters. The number of aliphatic hydroxyl groups is 4. The fraction of sp³-hybridized carbons (Fsp3) is 0.733. The third-order valence-corrected chi connectivity index (χ3v) is 4.67. The third kappa shape index (κ3) is 3.96. The van der Waals surface area contributed by atoms with E-state index in [0.717, 1.165) is 4.57 Å². The van der Waals surface area contributed by atoms with Crippen molar-refractivity contribution < 1.29 is 39.0 Å². The zero-order valence-electron chi connectivity index (χ0n) is 14.3. The van der Waals surface area contributed by atoms with Gasteiger partial charge in [-0.1, -0.05) is 0 Å². The number of nitrogens with one attached hydrogen (secondary N) is 1. The first-order valence-electron chi connectivity index (χ1n) is 8.34. The average molecular weight is 392 g/mol. The van der Waals surface area contributed by atoms with Gasteiger partial charge in [-0.15, -0.1) is 0 Å². The maximum absolute atomic E-state index is 13.4. The molecule has 2 saturated heterocycles. The Labute approximate surface area is 151 Å². The second kappa shape index (κ2) is 7.75. The highest BCUT2D eigenvalue weighted by atomic mass is 19.1. The molecule has 0 unspecified atom stereocenters. The van der Waals surface area contributed by atoms with E-state index in [1.807, 2.05) is 0 Å². The van der Waals surface area contributed by atoms with Gasteiger partial charge in [0.25, 0.3) is 5.56 Å². The number of aromatic amines is 1. The Kier molecular flexibility index (Phi) is 5.76. The molecule has 1 aromatic rings. The molecule has 2 aliphatic heterocycles. The molecule has 0 radical (unpaired) electrons. The summed E-state index contributed by atoms with van der Waals surface area (Å²) in [7, 11) is 0. The number of nitrogens with zero attached hydrogens (tertiary/aromatic N) is 1. The molecule has 0 aromatic carbocycles. The molecule has 2 aliphatic rings. The smallest absolute Gasteiger partial charge is 0.330 e. The van der Waals surface area contributed by atoms with Crippen LogP contribution in [-0.4, -0.2) is 79.5 Å². The number of ether oxygens (including phenoxy) is 3. The maximum Gasteiger partial charge on any atom is 0.330 e. The number of halogens is 1. The van der Waals surface area contributed by atoms with Crippen LogP contribution in [-0.2, 0) is 14.2 Å². The number of aliphatic hydroxyl groups excluding tert-OH is 4. The van der Waals surface area contributed by atoms with E-state index in [2.05, 4.69) is 0 Å². The van der Waals surface area contributed by atoms with Gasteiger partial charge < -0.3 is 34.6 Å². The molecule has 0 aliphatic carbocycles. The van der Waals surface area contributed by atoms with Crippen molar-refractivity contribution in [2.24, 2.45) is 0 Å². The lowest BCUT2D eigenvalue weighted by molar-refractivity contribution is -0.298. The molecular weight excluding hydrogens is 371 g/mol. The standard InChI is InChI=1S/C15H21FN2O9/c1-5-10(20)11(21)12(22)14(26-5)25-4-8-7(19)2-9(27-8)18-3-6(16)13(23)17-15(18)24/h3,5,7-12,14,19-22H,2,4H2,1H3,(H,17,23,24)/t5-,7-,8+,9+,10+,11+,12-,14-/m0/s1. The molecule has 27 heavy (non-hydrogen) atoms. The second-order valence-corrected chi connectivity index (χ2v) is 6.59. The first-order valence-corrected chi connectivity index (χ1v) is 8.34. The zero-order chi connectivity index (χ0) is 19.9. The van der Waals surface area contributed by atoms with Crippen LogP contribution in [0.1, 0.15) is 19.6 Å². The quantitative estimate of drug-likeness (QED) is 0.363. The maximum atomic E-state index is 13.4. The molecule has 3 rings (SSSR count). The number of rotatable bonds is 4. The van der Waals surface area contributed by atoms with E-state index in [1.165, 1.54) is 6.92 Å². The van der Waals surface area contributed by atoms with Crippen molar-refractivity contribution in [3.8, 4) is 0 Å². The normalized spacial score (nSPS) is 39.6. The van der Waals surface area contributed by atoms with Crippen molar-refractivity contribution in [1.82, 2.24) is 9.55 Å². The molecule has 0 spiro atoms. The highest BCUT2D eigenvalue weighted by Gasteiger charge is 2.43. The van der Waals surface area contributed by atoms with Gasteiger partial charge >= 0.3 is 5.69 Å². The van der Waals surface area contributed by atoms with Gasteiger partial charge in [0.2, 0.25) is 5.82 Å². The predicted octanol–water partition coefficient (Wildman–Crippen LogP) is -2.83. The summed E-state index contributed by atoms with van der Waals surface area (Å²) in [6.45, 7) is 1.22. The van der Waals surface area contributed by atoms with Crippen LogP contribution in [0.4, 0.5) is 4.39 Å². The summed E-state index contributed by atoms with van der Waals surface area (Å²) >= 11 is 0. The van der Waals surface area contributed by atoms with Gasteiger partial charge in [-0.05, 0) is 6.92 Å². The largest absolute Gasteiger partial charge is 0.390 e. The molecule has 0 saturated carbocycles. The number of hydrogen-bond donors (Lipinski definition) is 5. The van der Waals surface area contributed by atoms with Crippen molar-refractivity contribution in [3.05, 3.63) is 32.9 Å². The number of H-pyrrole nitrogens is 1. The summed E-state index contributed by atoms with van der Waals surface area (Å²) in [5.41, 5.74) is -2.05. The second-order valence-electron chi connectivity index (χ2n) is 6.59. The van der Waals surface area contributed by atoms with Gasteiger partial charge in [0.15, 0.2) is 6.29 Å². The molecule has 1 aromatic heterocycles. The highest BCUT2D eigenvalue weighted by molar-refractivity contribution is 4.92. The minimum absolute atomic E-state index is 0.0642. The highest BCUT2D eigenvalue weighted by Crippen LogP contribution is 2.29. The van der Waals surface area contributed by atoms with Gasteiger partial charge in [-0.3, -0.25) is 14.3 Å². The van der Waals surface area contributed by atoms with E-state index in [-0.39, 0.29) is 13.0 Å². The zero-order valence-corrected chi connectivity index (χ0v) is 14.3. The molecule has 0 amide bonds. The van der Waals surface area contributed by atoms with Crippen LogP contribution < -0.4 is 11.2 Å². The van der Waals surface area contributed by atoms with Crippen LogP contribution >= 0.6 is 0 Å². The number of aromatic nitrogens is 2. The van der Waals surface area contributed by atoms with Crippen molar-refractivity contribution >= 4 is 0 Å². The Bertz CT molecular complexity index is 783. The minimum Gasteiger partial charge on any atom is -0.390 e. The Morgan fingerprint density at radius 3 is 2.63 bits per heavy atom. The Hall–Kier alpha value is -1.67. The molecule has 152 valence electrons. The molecule has 3 heterocycles. The summed E-state index contributed by atoms with van der Waals surface area (Å²) < 4.78 is 30.3. The first-order chi connectivity index (χ1) is 12.7. The molecule has 2 fully saturated rings. The van der Waals surface area contributed by atoms with Gasteiger partial charge in [-0.25, -0.2) is 4.79 Å². The molecular formula is C15H21FN2O9. The predicted molar refractivity (Wildman–Crippen MR) is 84.1 cm³/mol. The fourth-order valence-electron chi connectivity index (χ4n) is 3.05. The lowest BCUT2D eigenvalue weighted by atomic mass is 10.00. The third-order valence-electron chi connectivity index (χ3n) is 4.67. The van der Waals surface area contributed by atoms with E-state index >= 15 is 0 Å². The summed E-state index contributed by atoms with van der Waals surface area (Å²) in [6.07, 6.45) is -8.74. The Morgan fingerprint density at radius 2 is 1.93 bits per heavy atom. The minimum atomic E-state index is -1.51. The number of hydrogen-bond acceptors (Lipinski definition) is 9. The van der Waals surface area contributed by atoms with E-state index in [4.69, 9.17) is 14.2 Å². The lowest BCUT2D eigenvalue weighted by Crippen LogP contribution is -2.57. The Morgan fingerprint density at radius 1 is 1.22 bits per heavy atom. The monoisotopic (exact) mass is 392 g/mol. The van der Waals surface area contributed by atoms with Crippen LogP contribution in [0.3, 0.4) is 0 Å². The van der Waals surface area contributed by atoms with Crippen LogP contribution in [0.2, 0.25) is 0 Å². The van der Waals surface area contributed by atoms with Gasteiger partial charge in [0, 0.05) is 6.42 Å². The van der Waals surface area contributed by atoms with Crippen LogP contribution in [0.25, 0.3) is 0 Å². The van der Waals surface area contributed by atoms with Crippen LogP contribution in [0, 0.1) is 5.82 Å². The van der Waals surface area contributed by atoms with Gasteiger partial charge in [0.05, 0.1) is 25.0 Å². The van der Waals surface area contributed by atoms with Gasteiger partial charge in [-0.2, -0.15) is 4.39 Å². The van der Waals surface area contributed by atoms with Crippen LogP contribution in [0.5, 0.6) is 0 Å². The molecule has 11 nitrogen and oxygen atoms in total. The molecule has 5 N–H and O–H groups in total. The fourth-order valence-corrected chi connectivity index (χ4v) is 3.05. The van der Waals surface area contributed by atoms with E-state index in [9.17, 15) is 34.4 Å². The average Bonchev–Trinajstić information content (AvgIpc) is 2.98. The van der Waals surface area contributed by atoms with Crippen molar-refractivity contribution in [2.45, 2.75) is 62.5 Å². The van der Waals surface area contributed by atoms with E-state index < -0.39 is 66.2 Å². The summed E-state index contributed by atoms with van der Waals surface area (Å²) in [4.78, 5) is 24.7. The van der Waals surface area contributed by atoms with Crippen molar-refractivity contribution in [2.75, 3.05) is 6.61 Å². The van der Waals surface area contributed by atoms with E-state index in [1.54, 1.807) is 4.98 Å². The summed E-state index contributed by atoms with van der Waals surface area (Å²) in [5, 5.41) is 39.4. The van der Waals surface area contributed by atoms with Gasteiger partial charge in [0.1, 0.15) is 30.6 Å². The van der Waals surface area contributed by atoms with Crippen LogP contribution in [0.15, 0.2) is 15.8 Å². The Balaban J connectivity index is 1.63. The molecule has 0 bridgehead atoms. The summed E-state index contributed by atoms with van der Waals surface area (Å²) in [5.74, 6) is -1.17. The molecule has 12 heteroatoms. The van der Waals surface area contributed by atoms with Crippen molar-refractivity contribution in [3.63, 3.8) is 0 Å².